The zero-order valence-corrected chi connectivity index (χ0v) is 31.5. The first-order chi connectivity index (χ1) is 23.4. The van der Waals surface area contributed by atoms with Crippen LogP contribution in [0.1, 0.15) is 112 Å². The molecule has 5 fully saturated rings. The van der Waals surface area contributed by atoms with Gasteiger partial charge in [0.1, 0.15) is 12.1 Å². The van der Waals surface area contributed by atoms with Gasteiger partial charge in [-0.1, -0.05) is 79.2 Å². The number of nitrogens with one attached hydrogen (secondary N) is 4. The van der Waals surface area contributed by atoms with Gasteiger partial charge in [-0.2, -0.15) is 0 Å². The zero-order valence-electron chi connectivity index (χ0n) is 30.6. The van der Waals surface area contributed by atoms with Gasteiger partial charge in [-0.05, 0) is 67.1 Å². The molecule has 0 aromatic heterocycles. The van der Waals surface area contributed by atoms with Crippen LogP contribution < -0.4 is 21.3 Å². The van der Waals surface area contributed by atoms with Crippen LogP contribution in [0.15, 0.2) is 12.7 Å². The van der Waals surface area contributed by atoms with Crippen LogP contribution in [0.4, 0.5) is 4.79 Å². The number of carbonyl (C=O) groups excluding carboxylic acids is 5. The van der Waals surface area contributed by atoms with Crippen LogP contribution in [0.2, 0.25) is 0 Å². The lowest BCUT2D eigenvalue weighted by Gasteiger charge is -2.49. The van der Waals surface area contributed by atoms with Gasteiger partial charge in [-0.25, -0.2) is 13.2 Å². The van der Waals surface area contributed by atoms with Gasteiger partial charge in [-0.15, -0.1) is 6.58 Å². The van der Waals surface area contributed by atoms with Gasteiger partial charge in [0.15, 0.2) is 9.84 Å². The zero-order chi connectivity index (χ0) is 36.6. The first kappa shape index (κ1) is 38.3. The Bertz CT molecular complexity index is 1460. The second-order valence-electron chi connectivity index (χ2n) is 17.5. The molecule has 3 aliphatic carbocycles. The van der Waals surface area contributed by atoms with Gasteiger partial charge in [0.2, 0.25) is 17.6 Å². The molecule has 6 atom stereocenters. The largest absolute Gasteiger partial charge is 0.346 e. The van der Waals surface area contributed by atoms with Crippen molar-refractivity contribution >= 4 is 39.4 Å². The summed E-state index contributed by atoms with van der Waals surface area (Å²) in [5.41, 5.74) is -1.88. The summed E-state index contributed by atoms with van der Waals surface area (Å²) in [4.78, 5) is 70.3. The number of fused-ring (bicyclic) bond motifs is 1. The number of nitrogens with zero attached hydrogens (tertiary/aromatic N) is 1. The van der Waals surface area contributed by atoms with Crippen LogP contribution in [-0.4, -0.2) is 90.6 Å². The molecule has 2 saturated heterocycles. The van der Waals surface area contributed by atoms with Gasteiger partial charge in [0, 0.05) is 13.1 Å². The molecule has 280 valence electrons. The van der Waals surface area contributed by atoms with E-state index in [1.807, 2.05) is 20.8 Å². The molecule has 0 aromatic rings. The van der Waals surface area contributed by atoms with Gasteiger partial charge < -0.3 is 26.2 Å². The lowest BCUT2D eigenvalue weighted by atomic mass is 9.55. The van der Waals surface area contributed by atoms with Crippen LogP contribution in [0, 0.1) is 28.6 Å². The number of urea groups is 1. The predicted octanol–water partition coefficient (Wildman–Crippen LogP) is 3.40. The fraction of sp³-hybridized carbons (Fsp3) is 0.811. The van der Waals surface area contributed by atoms with E-state index < -0.39 is 73.7 Å². The standard InChI is InChI=1S/C37H59N5O7S/c1-7-18-38-32(45)29(43)25(20-23-14-15-23)39-31(44)28-27-24(21-36(27,5)6)22-42(28)33(46)30(35(2,3)4)40-34(47)41-37(16-10-8-11-17-37)26-13-9-12-19-50(26,48)49/h7,23-28,30H,1,8-22H2,2-6H3,(H,38,45)(H,39,44)(H2,40,41,47). The third-order valence-electron chi connectivity index (χ3n) is 12.1. The Balaban J connectivity index is 1.37. The highest BCUT2D eigenvalue weighted by Gasteiger charge is 2.62. The first-order valence-corrected chi connectivity index (χ1v) is 20.5. The molecule has 5 amide bonds. The minimum Gasteiger partial charge on any atom is -0.346 e. The maximum absolute atomic E-state index is 14.7. The van der Waals surface area contributed by atoms with Crippen LogP contribution in [-0.2, 0) is 29.0 Å². The van der Waals surface area contributed by atoms with E-state index in [-0.39, 0.29) is 35.5 Å². The minimum absolute atomic E-state index is 0.0784. The van der Waals surface area contributed by atoms with E-state index >= 15 is 0 Å². The molecule has 5 aliphatic rings. The van der Waals surface area contributed by atoms with Crippen molar-refractivity contribution in [2.75, 3.05) is 18.8 Å². The van der Waals surface area contributed by atoms with Gasteiger partial charge >= 0.3 is 6.03 Å². The number of amides is 5. The van der Waals surface area contributed by atoms with Crippen molar-refractivity contribution < 1.29 is 32.4 Å². The van der Waals surface area contributed by atoms with Crippen molar-refractivity contribution in [2.45, 2.75) is 141 Å². The number of ketones is 1. The van der Waals surface area contributed by atoms with Crippen LogP contribution in [0.25, 0.3) is 0 Å². The van der Waals surface area contributed by atoms with E-state index in [0.29, 0.717) is 38.6 Å². The van der Waals surface area contributed by atoms with Crippen molar-refractivity contribution in [3.63, 3.8) is 0 Å². The predicted molar refractivity (Wildman–Crippen MR) is 191 cm³/mol. The Morgan fingerprint density at radius 1 is 0.960 bits per heavy atom. The van der Waals surface area contributed by atoms with E-state index in [0.717, 1.165) is 44.9 Å². The topological polar surface area (TPSA) is 171 Å². The number of rotatable bonds is 12. The van der Waals surface area contributed by atoms with Crippen molar-refractivity contribution in [3.05, 3.63) is 12.7 Å². The molecule has 2 aliphatic heterocycles. The van der Waals surface area contributed by atoms with E-state index in [2.05, 4.69) is 41.7 Å². The summed E-state index contributed by atoms with van der Waals surface area (Å²) >= 11 is 0. The number of sulfone groups is 1. The number of Topliss-reactive ketones (excluding diaryl/α,β-unsaturated/α-hetero) is 1. The second kappa shape index (κ2) is 14.6. The van der Waals surface area contributed by atoms with Crippen LogP contribution >= 0.6 is 0 Å². The fourth-order valence-corrected chi connectivity index (χ4v) is 11.8. The summed E-state index contributed by atoms with van der Waals surface area (Å²) in [6.45, 7) is 13.8. The minimum atomic E-state index is -3.39. The van der Waals surface area contributed by atoms with Crippen molar-refractivity contribution in [1.82, 2.24) is 26.2 Å². The summed E-state index contributed by atoms with van der Waals surface area (Å²) in [5.74, 6) is -2.06. The summed E-state index contributed by atoms with van der Waals surface area (Å²) in [7, 11) is -3.39. The van der Waals surface area contributed by atoms with Crippen molar-refractivity contribution in [1.29, 1.82) is 0 Å². The van der Waals surface area contributed by atoms with Crippen molar-refractivity contribution in [3.8, 4) is 0 Å². The molecule has 0 bridgehead atoms. The maximum Gasteiger partial charge on any atom is 0.315 e. The molecular formula is C37H59N5O7S. The van der Waals surface area contributed by atoms with Crippen LogP contribution in [0.5, 0.6) is 0 Å². The number of hydrogen-bond donors (Lipinski definition) is 4. The Morgan fingerprint density at radius 3 is 2.22 bits per heavy atom. The van der Waals surface area contributed by atoms with E-state index in [4.69, 9.17) is 0 Å². The number of carbonyl (C=O) groups is 5. The monoisotopic (exact) mass is 717 g/mol. The average Bonchev–Trinajstić information content (AvgIpc) is 3.79. The molecule has 4 N–H and O–H groups in total. The molecular weight excluding hydrogens is 659 g/mol. The van der Waals surface area contributed by atoms with Gasteiger partial charge in [0.05, 0.1) is 22.6 Å². The smallest absolute Gasteiger partial charge is 0.315 e. The Morgan fingerprint density at radius 2 is 1.64 bits per heavy atom. The molecule has 13 heteroatoms. The van der Waals surface area contributed by atoms with Gasteiger partial charge in [0.25, 0.3) is 5.91 Å². The second-order valence-corrected chi connectivity index (χ2v) is 19.8. The molecule has 2 heterocycles. The molecule has 0 aromatic carbocycles. The molecule has 3 saturated carbocycles. The average molecular weight is 718 g/mol. The third kappa shape index (κ3) is 8.07. The number of likely N-dealkylation sites (tertiary alicyclic amines) is 1. The maximum atomic E-state index is 14.7. The summed E-state index contributed by atoms with van der Waals surface area (Å²) in [6.07, 6.45) is 10.2. The molecule has 0 spiro atoms. The highest BCUT2D eigenvalue weighted by atomic mass is 32.2. The lowest BCUT2D eigenvalue weighted by Crippen LogP contribution is -2.66. The highest BCUT2D eigenvalue weighted by Crippen LogP contribution is 2.57. The molecule has 50 heavy (non-hydrogen) atoms. The molecule has 0 radical (unpaired) electrons. The summed E-state index contributed by atoms with van der Waals surface area (Å²) in [6, 6.07) is -3.49. The SMILES string of the molecule is C=CCNC(=O)C(=O)C(CC1CC1)NC(=O)C1C2C(CN1C(=O)C(NC(=O)NC1(C3CCCCS3(=O)=O)CCCCC1)C(C)(C)C)CC2(C)C. The number of hydrogen-bond acceptors (Lipinski definition) is 7. The van der Waals surface area contributed by atoms with E-state index in [1.165, 1.54) is 6.08 Å². The van der Waals surface area contributed by atoms with Crippen LogP contribution in [0.3, 0.4) is 0 Å². The summed E-state index contributed by atoms with van der Waals surface area (Å²) in [5, 5.41) is 10.8. The normalized spacial score (nSPS) is 29.3. The first-order valence-electron chi connectivity index (χ1n) is 18.7. The molecule has 6 unspecified atom stereocenters. The quantitative estimate of drug-likeness (QED) is 0.177. The van der Waals surface area contributed by atoms with Gasteiger partial charge in [-0.3, -0.25) is 19.2 Å². The lowest BCUT2D eigenvalue weighted by molar-refractivity contribution is -0.146. The summed E-state index contributed by atoms with van der Waals surface area (Å²) < 4.78 is 26.6. The third-order valence-corrected chi connectivity index (χ3v) is 14.5. The fourth-order valence-electron chi connectivity index (χ4n) is 9.45. The Kier molecular flexibility index (Phi) is 11.2. The Labute approximate surface area is 298 Å². The Hall–Kier alpha value is -2.96. The molecule has 12 nitrogen and oxygen atoms in total. The van der Waals surface area contributed by atoms with Crippen molar-refractivity contribution in [2.24, 2.45) is 28.6 Å². The molecule has 5 rings (SSSR count). The van der Waals surface area contributed by atoms with E-state index in [9.17, 15) is 32.4 Å². The van der Waals surface area contributed by atoms with E-state index in [1.54, 1.807) is 4.90 Å². The highest BCUT2D eigenvalue weighted by molar-refractivity contribution is 7.92.